The van der Waals surface area contributed by atoms with E-state index in [9.17, 15) is 4.79 Å². The zero-order valence-electron chi connectivity index (χ0n) is 11.5. The first kappa shape index (κ1) is 14.9. The lowest BCUT2D eigenvalue weighted by Crippen LogP contribution is -2.29. The van der Waals surface area contributed by atoms with Crippen molar-refractivity contribution in [3.05, 3.63) is 29.8 Å². The van der Waals surface area contributed by atoms with Crippen LogP contribution < -0.4 is 11.1 Å². The SMILES string of the molecule is CC(NC(=O)CSC(C)(C)C)c1ccc(N)cc1. The predicted octanol–water partition coefficient (Wildman–Crippen LogP) is 2.98. The second-order valence-electron chi connectivity index (χ2n) is 5.36. The van der Waals surface area contributed by atoms with Gasteiger partial charge in [-0.25, -0.2) is 0 Å². The van der Waals surface area contributed by atoms with E-state index in [-0.39, 0.29) is 16.7 Å². The van der Waals surface area contributed by atoms with Gasteiger partial charge in [-0.05, 0) is 24.6 Å². The fraction of sp³-hybridized carbons (Fsp3) is 0.500. The number of nitrogens with two attached hydrogens (primary N) is 1. The second-order valence-corrected chi connectivity index (χ2v) is 7.16. The van der Waals surface area contributed by atoms with Crippen molar-refractivity contribution in [3.63, 3.8) is 0 Å². The van der Waals surface area contributed by atoms with Crippen LogP contribution in [0, 0.1) is 0 Å². The van der Waals surface area contributed by atoms with Crippen LogP contribution in [0.4, 0.5) is 5.69 Å². The van der Waals surface area contributed by atoms with Gasteiger partial charge in [0.1, 0.15) is 0 Å². The number of thioether (sulfide) groups is 1. The lowest BCUT2D eigenvalue weighted by atomic mass is 10.1. The smallest absolute Gasteiger partial charge is 0.230 e. The van der Waals surface area contributed by atoms with Crippen LogP contribution in [-0.2, 0) is 4.79 Å². The third-order valence-corrected chi connectivity index (χ3v) is 3.72. The topological polar surface area (TPSA) is 55.1 Å². The van der Waals surface area contributed by atoms with E-state index in [1.807, 2.05) is 31.2 Å². The summed E-state index contributed by atoms with van der Waals surface area (Å²) in [4.78, 5) is 11.8. The lowest BCUT2D eigenvalue weighted by molar-refractivity contribution is -0.119. The molecule has 1 atom stereocenters. The van der Waals surface area contributed by atoms with Gasteiger partial charge in [0.25, 0.3) is 0 Å². The van der Waals surface area contributed by atoms with Crippen molar-refractivity contribution in [2.45, 2.75) is 38.5 Å². The van der Waals surface area contributed by atoms with Crippen LogP contribution >= 0.6 is 11.8 Å². The molecule has 1 rings (SSSR count). The van der Waals surface area contributed by atoms with Gasteiger partial charge in [0.2, 0.25) is 5.91 Å². The van der Waals surface area contributed by atoms with E-state index in [1.54, 1.807) is 11.8 Å². The number of hydrogen-bond acceptors (Lipinski definition) is 3. The Kier molecular flexibility index (Phi) is 5.08. The highest BCUT2D eigenvalue weighted by Gasteiger charge is 2.15. The largest absolute Gasteiger partial charge is 0.399 e. The third kappa shape index (κ3) is 5.45. The van der Waals surface area contributed by atoms with Crippen LogP contribution in [0.1, 0.15) is 39.3 Å². The summed E-state index contributed by atoms with van der Waals surface area (Å²) in [5, 5.41) is 2.99. The molecule has 100 valence electrons. The molecule has 0 radical (unpaired) electrons. The molecule has 0 aliphatic carbocycles. The first-order valence-corrected chi connectivity index (χ1v) is 7.05. The number of nitrogens with one attached hydrogen (secondary N) is 1. The van der Waals surface area contributed by atoms with Crippen LogP contribution in [0.2, 0.25) is 0 Å². The minimum atomic E-state index is 0.0127. The Morgan fingerprint density at radius 3 is 2.39 bits per heavy atom. The number of carbonyl (C=O) groups is 1. The molecular formula is C14H22N2OS. The molecular weight excluding hydrogens is 244 g/mol. The van der Waals surface area contributed by atoms with Crippen molar-refractivity contribution in [1.29, 1.82) is 0 Å². The van der Waals surface area contributed by atoms with Crippen molar-refractivity contribution < 1.29 is 4.79 Å². The quantitative estimate of drug-likeness (QED) is 0.824. The van der Waals surface area contributed by atoms with Gasteiger partial charge in [0, 0.05) is 10.4 Å². The van der Waals surface area contributed by atoms with Crippen LogP contribution in [0.15, 0.2) is 24.3 Å². The normalized spacial score (nSPS) is 13.1. The molecule has 0 spiro atoms. The first-order chi connectivity index (χ1) is 8.28. The molecule has 4 heteroatoms. The fourth-order valence-corrected chi connectivity index (χ4v) is 2.08. The molecule has 1 amide bonds. The molecule has 0 saturated heterocycles. The summed E-state index contributed by atoms with van der Waals surface area (Å²) in [6.45, 7) is 8.29. The Morgan fingerprint density at radius 2 is 1.89 bits per heavy atom. The van der Waals surface area contributed by atoms with E-state index < -0.39 is 0 Å². The average Bonchev–Trinajstić information content (AvgIpc) is 2.26. The molecule has 1 unspecified atom stereocenters. The lowest BCUT2D eigenvalue weighted by Gasteiger charge is -2.19. The van der Waals surface area contributed by atoms with Crippen LogP contribution in [0.5, 0.6) is 0 Å². The zero-order chi connectivity index (χ0) is 13.8. The fourth-order valence-electron chi connectivity index (χ4n) is 1.43. The summed E-state index contributed by atoms with van der Waals surface area (Å²) in [6.07, 6.45) is 0. The Hall–Kier alpha value is -1.16. The molecule has 0 saturated carbocycles. The molecule has 1 aromatic rings. The number of amides is 1. The minimum absolute atomic E-state index is 0.0127. The molecule has 0 aromatic heterocycles. The summed E-state index contributed by atoms with van der Waals surface area (Å²) >= 11 is 1.65. The zero-order valence-corrected chi connectivity index (χ0v) is 12.3. The van der Waals surface area contributed by atoms with E-state index in [4.69, 9.17) is 5.73 Å². The van der Waals surface area contributed by atoms with E-state index in [0.717, 1.165) is 11.3 Å². The molecule has 0 bridgehead atoms. The van der Waals surface area contributed by atoms with Crippen LogP contribution in [0.25, 0.3) is 0 Å². The average molecular weight is 266 g/mol. The highest BCUT2D eigenvalue weighted by atomic mass is 32.2. The number of hydrogen-bond donors (Lipinski definition) is 2. The maximum absolute atomic E-state index is 11.8. The van der Waals surface area contributed by atoms with Crippen molar-refractivity contribution in [1.82, 2.24) is 5.32 Å². The van der Waals surface area contributed by atoms with Gasteiger partial charge in [0.15, 0.2) is 0 Å². The Labute approximate surface area is 114 Å². The predicted molar refractivity (Wildman–Crippen MR) is 79.6 cm³/mol. The number of anilines is 1. The number of carbonyl (C=O) groups excluding carboxylic acids is 1. The van der Waals surface area contributed by atoms with Gasteiger partial charge in [-0.2, -0.15) is 0 Å². The van der Waals surface area contributed by atoms with Gasteiger partial charge >= 0.3 is 0 Å². The van der Waals surface area contributed by atoms with Crippen LogP contribution in [0.3, 0.4) is 0 Å². The third-order valence-electron chi connectivity index (χ3n) is 2.45. The van der Waals surface area contributed by atoms with Crippen molar-refractivity contribution in [2.24, 2.45) is 0 Å². The molecule has 1 aromatic carbocycles. The van der Waals surface area contributed by atoms with Gasteiger partial charge in [-0.15, -0.1) is 11.8 Å². The van der Waals surface area contributed by atoms with Crippen molar-refractivity contribution in [3.8, 4) is 0 Å². The Bertz CT molecular complexity index is 395. The molecule has 3 nitrogen and oxygen atoms in total. The summed E-state index contributed by atoms with van der Waals surface area (Å²) < 4.78 is 0.113. The summed E-state index contributed by atoms with van der Waals surface area (Å²) in [7, 11) is 0. The van der Waals surface area contributed by atoms with Gasteiger partial charge < -0.3 is 11.1 Å². The van der Waals surface area contributed by atoms with Gasteiger partial charge in [-0.1, -0.05) is 32.9 Å². The molecule has 18 heavy (non-hydrogen) atoms. The first-order valence-electron chi connectivity index (χ1n) is 6.07. The van der Waals surface area contributed by atoms with E-state index in [2.05, 4.69) is 26.1 Å². The van der Waals surface area contributed by atoms with Crippen molar-refractivity contribution in [2.75, 3.05) is 11.5 Å². The summed E-state index contributed by atoms with van der Waals surface area (Å²) in [5.74, 6) is 0.558. The molecule has 3 N–H and O–H groups in total. The highest BCUT2D eigenvalue weighted by molar-refractivity contribution is 8.01. The maximum Gasteiger partial charge on any atom is 0.230 e. The van der Waals surface area contributed by atoms with E-state index >= 15 is 0 Å². The van der Waals surface area contributed by atoms with Crippen molar-refractivity contribution >= 4 is 23.4 Å². The Morgan fingerprint density at radius 1 is 1.33 bits per heavy atom. The number of rotatable bonds is 4. The molecule has 0 fully saturated rings. The molecule has 0 heterocycles. The number of benzene rings is 1. The molecule has 0 aliphatic heterocycles. The number of nitrogen functional groups attached to an aromatic ring is 1. The second kappa shape index (κ2) is 6.14. The van der Waals surface area contributed by atoms with E-state index in [0.29, 0.717) is 5.75 Å². The highest BCUT2D eigenvalue weighted by Crippen LogP contribution is 2.23. The summed E-state index contributed by atoms with van der Waals surface area (Å²) in [5.41, 5.74) is 7.44. The van der Waals surface area contributed by atoms with Gasteiger partial charge in [0.05, 0.1) is 11.8 Å². The van der Waals surface area contributed by atoms with Crippen LogP contribution in [-0.4, -0.2) is 16.4 Å². The standard InChI is InChI=1S/C14H22N2OS/c1-10(11-5-7-12(15)8-6-11)16-13(17)9-18-14(2,3)4/h5-8,10H,9,15H2,1-4H3,(H,16,17). The maximum atomic E-state index is 11.8. The van der Waals surface area contributed by atoms with Gasteiger partial charge in [-0.3, -0.25) is 4.79 Å². The summed E-state index contributed by atoms with van der Waals surface area (Å²) in [6, 6.07) is 7.59. The Balaban J connectivity index is 2.47. The van der Waals surface area contributed by atoms with E-state index in [1.165, 1.54) is 0 Å². The monoisotopic (exact) mass is 266 g/mol. The minimum Gasteiger partial charge on any atom is -0.399 e. The molecule has 0 aliphatic rings.